The van der Waals surface area contributed by atoms with Gasteiger partial charge in [-0.3, -0.25) is 4.79 Å². The number of nitrogens with two attached hydrogens (primary N) is 1. The van der Waals surface area contributed by atoms with Gasteiger partial charge in [-0.1, -0.05) is 28.1 Å². The molecule has 0 saturated heterocycles. The Morgan fingerprint density at radius 1 is 1.33 bits per heavy atom. The molecule has 3 N–H and O–H groups in total. The summed E-state index contributed by atoms with van der Waals surface area (Å²) in [4.78, 5) is 12.5. The number of benzene rings is 2. The van der Waals surface area contributed by atoms with Crippen LogP contribution in [-0.4, -0.2) is 12.5 Å². The summed E-state index contributed by atoms with van der Waals surface area (Å²) in [5.74, 6) is 0.209. The van der Waals surface area contributed by atoms with Crippen LogP contribution in [0.25, 0.3) is 0 Å². The molecule has 0 heterocycles. The number of carbonyl (C=O) groups is 1. The second-order valence-electron chi connectivity index (χ2n) is 4.57. The van der Waals surface area contributed by atoms with Crippen molar-refractivity contribution >= 4 is 33.2 Å². The normalized spacial score (nSPS) is 10.2. The quantitative estimate of drug-likeness (QED) is 0.821. The highest BCUT2D eigenvalue weighted by Gasteiger charge is 2.17. The van der Waals surface area contributed by atoms with Crippen LogP contribution in [0.2, 0.25) is 0 Å². The molecule has 0 aliphatic carbocycles. The van der Waals surface area contributed by atoms with E-state index in [1.54, 1.807) is 18.2 Å². The molecule has 2 aromatic rings. The van der Waals surface area contributed by atoms with Gasteiger partial charge in [0.15, 0.2) is 0 Å². The predicted octanol–water partition coefficient (Wildman–Crippen LogP) is 3.99. The Bertz CT molecular complexity index is 671. The summed E-state index contributed by atoms with van der Waals surface area (Å²) in [7, 11) is 0. The van der Waals surface area contributed by atoms with Crippen molar-refractivity contribution in [3.63, 3.8) is 0 Å². The zero-order valence-corrected chi connectivity index (χ0v) is 13.5. The zero-order valence-electron chi connectivity index (χ0n) is 11.9. The number of nitrogens with one attached hydrogen (secondary N) is 1. The fourth-order valence-electron chi connectivity index (χ4n) is 1.98. The third kappa shape index (κ3) is 3.55. The predicted molar refractivity (Wildman–Crippen MR) is 88.9 cm³/mol. The standard InChI is InChI=1S/C16H17BrN2O2/c1-3-21-14-6-4-5-12(18)15(14)16(20)19-13-9-11(17)8-7-10(13)2/h4-9H,3,18H2,1-2H3,(H,19,20). The molecule has 21 heavy (non-hydrogen) atoms. The van der Waals surface area contributed by atoms with Crippen molar-refractivity contribution in [1.82, 2.24) is 0 Å². The van der Waals surface area contributed by atoms with Gasteiger partial charge in [-0.05, 0) is 43.7 Å². The van der Waals surface area contributed by atoms with E-state index in [-0.39, 0.29) is 5.91 Å². The average Bonchev–Trinajstić information content (AvgIpc) is 2.43. The average molecular weight is 349 g/mol. The molecule has 110 valence electrons. The van der Waals surface area contributed by atoms with Crippen molar-refractivity contribution in [2.24, 2.45) is 0 Å². The van der Waals surface area contributed by atoms with E-state index in [9.17, 15) is 4.79 Å². The number of ether oxygens (including phenoxy) is 1. The minimum Gasteiger partial charge on any atom is -0.493 e. The van der Waals surface area contributed by atoms with Crippen molar-refractivity contribution < 1.29 is 9.53 Å². The molecule has 0 fully saturated rings. The van der Waals surface area contributed by atoms with Gasteiger partial charge in [0.25, 0.3) is 5.91 Å². The molecule has 0 saturated carbocycles. The van der Waals surface area contributed by atoms with Crippen LogP contribution in [0.3, 0.4) is 0 Å². The van der Waals surface area contributed by atoms with Gasteiger partial charge in [0.1, 0.15) is 11.3 Å². The Morgan fingerprint density at radius 2 is 2.10 bits per heavy atom. The molecule has 2 rings (SSSR count). The number of aryl methyl sites for hydroxylation is 1. The lowest BCUT2D eigenvalue weighted by molar-refractivity contribution is 0.102. The van der Waals surface area contributed by atoms with Gasteiger partial charge < -0.3 is 15.8 Å². The molecule has 0 unspecified atom stereocenters. The number of nitrogen functional groups attached to an aromatic ring is 1. The molecule has 0 spiro atoms. The van der Waals surface area contributed by atoms with Gasteiger partial charge in [-0.25, -0.2) is 0 Å². The van der Waals surface area contributed by atoms with Crippen molar-refractivity contribution in [3.8, 4) is 5.75 Å². The Labute approximate surface area is 132 Å². The van der Waals surface area contributed by atoms with Gasteiger partial charge >= 0.3 is 0 Å². The Hall–Kier alpha value is -2.01. The molecule has 0 aliphatic rings. The summed E-state index contributed by atoms with van der Waals surface area (Å²) in [5, 5.41) is 2.88. The third-order valence-corrected chi connectivity index (χ3v) is 3.53. The van der Waals surface area contributed by atoms with Crippen LogP contribution in [0.15, 0.2) is 40.9 Å². The van der Waals surface area contributed by atoms with Crippen LogP contribution < -0.4 is 15.8 Å². The highest BCUT2D eigenvalue weighted by atomic mass is 79.9. The fraction of sp³-hybridized carbons (Fsp3) is 0.188. The van der Waals surface area contributed by atoms with E-state index in [1.807, 2.05) is 32.0 Å². The van der Waals surface area contributed by atoms with Gasteiger partial charge in [-0.2, -0.15) is 0 Å². The highest BCUT2D eigenvalue weighted by molar-refractivity contribution is 9.10. The molecule has 0 radical (unpaired) electrons. The van der Waals surface area contributed by atoms with Crippen molar-refractivity contribution in [2.75, 3.05) is 17.7 Å². The van der Waals surface area contributed by atoms with Gasteiger partial charge in [0.05, 0.1) is 6.61 Å². The second kappa shape index (κ2) is 6.63. The van der Waals surface area contributed by atoms with Crippen molar-refractivity contribution in [3.05, 3.63) is 52.0 Å². The van der Waals surface area contributed by atoms with Crippen LogP contribution in [0.4, 0.5) is 11.4 Å². The SMILES string of the molecule is CCOc1cccc(N)c1C(=O)Nc1cc(Br)ccc1C. The molecule has 0 bridgehead atoms. The Balaban J connectivity index is 2.34. The first-order valence-electron chi connectivity index (χ1n) is 6.61. The summed E-state index contributed by atoms with van der Waals surface area (Å²) in [5.41, 5.74) is 8.39. The molecule has 0 atom stereocenters. The molecule has 2 aromatic carbocycles. The molecular weight excluding hydrogens is 332 g/mol. The summed E-state index contributed by atoms with van der Waals surface area (Å²) < 4.78 is 6.38. The number of rotatable bonds is 4. The van der Waals surface area contributed by atoms with Crippen LogP contribution in [-0.2, 0) is 0 Å². The number of amides is 1. The van der Waals surface area contributed by atoms with E-state index < -0.39 is 0 Å². The lowest BCUT2D eigenvalue weighted by Gasteiger charge is -2.14. The third-order valence-electron chi connectivity index (χ3n) is 3.03. The summed E-state index contributed by atoms with van der Waals surface area (Å²) >= 11 is 3.40. The number of halogens is 1. The molecule has 0 aromatic heterocycles. The van der Waals surface area contributed by atoms with E-state index in [1.165, 1.54) is 0 Å². The lowest BCUT2D eigenvalue weighted by atomic mass is 10.1. The van der Waals surface area contributed by atoms with E-state index in [0.717, 1.165) is 15.7 Å². The van der Waals surface area contributed by atoms with Gasteiger partial charge in [0, 0.05) is 15.8 Å². The Morgan fingerprint density at radius 3 is 2.81 bits per heavy atom. The fourth-order valence-corrected chi connectivity index (χ4v) is 2.34. The maximum absolute atomic E-state index is 12.5. The molecule has 4 nitrogen and oxygen atoms in total. The monoisotopic (exact) mass is 348 g/mol. The van der Waals surface area contributed by atoms with E-state index in [2.05, 4.69) is 21.2 Å². The summed E-state index contributed by atoms with van der Waals surface area (Å²) in [6.45, 7) is 4.27. The topological polar surface area (TPSA) is 64.3 Å². The largest absolute Gasteiger partial charge is 0.493 e. The van der Waals surface area contributed by atoms with Crippen molar-refractivity contribution in [2.45, 2.75) is 13.8 Å². The van der Waals surface area contributed by atoms with Crippen LogP contribution in [0, 0.1) is 6.92 Å². The first kappa shape index (κ1) is 15.4. The summed E-state index contributed by atoms with van der Waals surface area (Å²) in [6, 6.07) is 10.9. The van der Waals surface area contributed by atoms with Crippen molar-refractivity contribution in [1.29, 1.82) is 0 Å². The van der Waals surface area contributed by atoms with E-state index in [4.69, 9.17) is 10.5 Å². The lowest BCUT2D eigenvalue weighted by Crippen LogP contribution is -2.16. The molecule has 0 aliphatic heterocycles. The zero-order chi connectivity index (χ0) is 15.4. The highest BCUT2D eigenvalue weighted by Crippen LogP contribution is 2.27. The number of carbonyl (C=O) groups excluding carboxylic acids is 1. The molecular formula is C16H17BrN2O2. The minimum atomic E-state index is -0.280. The molecule has 1 amide bonds. The van der Waals surface area contributed by atoms with Crippen LogP contribution in [0.1, 0.15) is 22.8 Å². The smallest absolute Gasteiger partial charge is 0.261 e. The Kier molecular flexibility index (Phi) is 4.85. The number of hydrogen-bond acceptors (Lipinski definition) is 3. The van der Waals surface area contributed by atoms with Gasteiger partial charge in [0.2, 0.25) is 0 Å². The minimum absolute atomic E-state index is 0.280. The summed E-state index contributed by atoms with van der Waals surface area (Å²) in [6.07, 6.45) is 0. The maximum atomic E-state index is 12.5. The van der Waals surface area contributed by atoms with Crippen LogP contribution in [0.5, 0.6) is 5.75 Å². The number of hydrogen-bond donors (Lipinski definition) is 2. The van der Waals surface area contributed by atoms with E-state index >= 15 is 0 Å². The first-order valence-corrected chi connectivity index (χ1v) is 7.41. The first-order chi connectivity index (χ1) is 10.0. The van der Waals surface area contributed by atoms with E-state index in [0.29, 0.717) is 23.6 Å². The molecule has 5 heteroatoms. The van der Waals surface area contributed by atoms with Gasteiger partial charge in [-0.15, -0.1) is 0 Å². The second-order valence-corrected chi connectivity index (χ2v) is 5.48. The number of anilines is 2. The maximum Gasteiger partial charge on any atom is 0.261 e. The van der Waals surface area contributed by atoms with Crippen LogP contribution >= 0.6 is 15.9 Å².